The standard InChI is InChI=1S/C26H25FN4O3/c1-17-14-21(7-10-23(17)27)26-30-25(34-31-26)12-11-24(32)29-18(2)20-5-8-22(9-6-20)33-16-19-4-3-13-28-15-19/h3-10,13-15,18H,11-12,16H2,1-2H3,(H,29,32). The van der Waals surface area contributed by atoms with Crippen molar-refractivity contribution in [3.8, 4) is 17.1 Å². The number of hydrogen-bond donors (Lipinski definition) is 1. The van der Waals surface area contributed by atoms with Crippen LogP contribution in [0.2, 0.25) is 0 Å². The molecule has 4 aromatic rings. The lowest BCUT2D eigenvalue weighted by Gasteiger charge is -2.15. The fraction of sp³-hybridized carbons (Fsp3) is 0.231. The first kappa shape index (κ1) is 23.1. The van der Waals surface area contributed by atoms with Crippen molar-refractivity contribution in [2.24, 2.45) is 0 Å². The SMILES string of the molecule is Cc1cc(-c2noc(CCC(=O)NC(C)c3ccc(OCc4cccnc4)cc3)n2)ccc1F. The molecule has 2 aromatic carbocycles. The molecule has 4 rings (SSSR count). The summed E-state index contributed by atoms with van der Waals surface area (Å²) < 4.78 is 24.5. The maximum atomic E-state index is 13.5. The van der Waals surface area contributed by atoms with Gasteiger partial charge in [0.1, 0.15) is 18.2 Å². The van der Waals surface area contributed by atoms with Gasteiger partial charge in [-0.25, -0.2) is 4.39 Å². The highest BCUT2D eigenvalue weighted by atomic mass is 19.1. The maximum Gasteiger partial charge on any atom is 0.227 e. The van der Waals surface area contributed by atoms with Crippen LogP contribution < -0.4 is 10.1 Å². The van der Waals surface area contributed by atoms with Gasteiger partial charge in [0, 0.05) is 36.4 Å². The van der Waals surface area contributed by atoms with Crippen molar-refractivity contribution in [3.05, 3.63) is 95.4 Å². The second-order valence-corrected chi connectivity index (χ2v) is 7.98. The average molecular weight is 461 g/mol. The van der Waals surface area contributed by atoms with E-state index in [1.54, 1.807) is 31.5 Å². The van der Waals surface area contributed by atoms with E-state index in [0.29, 0.717) is 35.9 Å². The van der Waals surface area contributed by atoms with Crippen LogP contribution in [0.5, 0.6) is 5.75 Å². The molecule has 0 spiro atoms. The van der Waals surface area contributed by atoms with Crippen LogP contribution >= 0.6 is 0 Å². The van der Waals surface area contributed by atoms with Crippen LogP contribution in [0, 0.1) is 12.7 Å². The van der Waals surface area contributed by atoms with Gasteiger partial charge in [-0.05, 0) is 61.4 Å². The molecule has 0 bridgehead atoms. The van der Waals surface area contributed by atoms with Crippen molar-refractivity contribution in [2.45, 2.75) is 39.3 Å². The first-order valence-electron chi connectivity index (χ1n) is 11.0. The largest absolute Gasteiger partial charge is 0.489 e. The summed E-state index contributed by atoms with van der Waals surface area (Å²) in [6, 6.07) is 15.9. The second kappa shape index (κ2) is 10.7. The molecule has 1 N–H and O–H groups in total. The van der Waals surface area contributed by atoms with E-state index in [1.807, 2.05) is 43.3 Å². The van der Waals surface area contributed by atoms with Crippen LogP contribution in [0.15, 0.2) is 71.5 Å². The molecule has 7 nitrogen and oxygen atoms in total. The van der Waals surface area contributed by atoms with E-state index in [-0.39, 0.29) is 24.2 Å². The number of aromatic nitrogens is 3. The third-order valence-electron chi connectivity index (χ3n) is 5.34. The number of carbonyl (C=O) groups excluding carboxylic acids is 1. The molecule has 0 saturated carbocycles. The predicted molar refractivity (Wildman–Crippen MR) is 124 cm³/mol. The lowest BCUT2D eigenvalue weighted by molar-refractivity contribution is -0.121. The molecule has 0 radical (unpaired) electrons. The lowest BCUT2D eigenvalue weighted by Crippen LogP contribution is -2.26. The quantitative estimate of drug-likeness (QED) is 0.379. The monoisotopic (exact) mass is 460 g/mol. The zero-order chi connectivity index (χ0) is 23.9. The summed E-state index contributed by atoms with van der Waals surface area (Å²) in [5, 5.41) is 6.91. The van der Waals surface area contributed by atoms with Gasteiger partial charge in [-0.2, -0.15) is 4.98 Å². The van der Waals surface area contributed by atoms with Gasteiger partial charge in [-0.3, -0.25) is 9.78 Å². The summed E-state index contributed by atoms with van der Waals surface area (Å²) in [7, 11) is 0. The van der Waals surface area contributed by atoms with E-state index in [4.69, 9.17) is 9.26 Å². The summed E-state index contributed by atoms with van der Waals surface area (Å²) in [5.74, 6) is 1.06. The van der Waals surface area contributed by atoms with Crippen LogP contribution in [0.3, 0.4) is 0 Å². The van der Waals surface area contributed by atoms with E-state index in [9.17, 15) is 9.18 Å². The molecule has 0 aliphatic rings. The highest BCUT2D eigenvalue weighted by molar-refractivity contribution is 5.76. The van der Waals surface area contributed by atoms with Gasteiger partial charge >= 0.3 is 0 Å². The summed E-state index contributed by atoms with van der Waals surface area (Å²) in [6.45, 7) is 4.04. The van der Waals surface area contributed by atoms with Crippen LogP contribution in [0.25, 0.3) is 11.4 Å². The molecule has 0 aliphatic carbocycles. The van der Waals surface area contributed by atoms with Gasteiger partial charge < -0.3 is 14.6 Å². The van der Waals surface area contributed by atoms with Crippen LogP contribution in [0.4, 0.5) is 4.39 Å². The predicted octanol–water partition coefficient (Wildman–Crippen LogP) is 4.97. The number of pyridine rings is 1. The number of rotatable bonds is 9. The Bertz CT molecular complexity index is 1240. The lowest BCUT2D eigenvalue weighted by atomic mass is 10.1. The normalized spacial score (nSPS) is 11.7. The Hall–Kier alpha value is -4.07. The van der Waals surface area contributed by atoms with Crippen molar-refractivity contribution in [3.63, 3.8) is 0 Å². The van der Waals surface area contributed by atoms with Crippen molar-refractivity contribution in [1.82, 2.24) is 20.4 Å². The molecule has 1 atom stereocenters. The van der Waals surface area contributed by atoms with Gasteiger partial charge in [-0.15, -0.1) is 0 Å². The van der Waals surface area contributed by atoms with E-state index in [2.05, 4.69) is 20.4 Å². The van der Waals surface area contributed by atoms with Gasteiger partial charge in [0.05, 0.1) is 6.04 Å². The molecule has 2 aromatic heterocycles. The highest BCUT2D eigenvalue weighted by Crippen LogP contribution is 2.21. The molecule has 2 heterocycles. The molecule has 34 heavy (non-hydrogen) atoms. The highest BCUT2D eigenvalue weighted by Gasteiger charge is 2.14. The minimum Gasteiger partial charge on any atom is -0.489 e. The molecule has 0 fully saturated rings. The first-order valence-corrected chi connectivity index (χ1v) is 11.0. The number of nitrogens with zero attached hydrogens (tertiary/aromatic N) is 3. The van der Waals surface area contributed by atoms with Crippen LogP contribution in [-0.4, -0.2) is 21.0 Å². The van der Waals surface area contributed by atoms with E-state index in [1.165, 1.54) is 6.07 Å². The van der Waals surface area contributed by atoms with Crippen LogP contribution in [-0.2, 0) is 17.8 Å². The van der Waals surface area contributed by atoms with Gasteiger partial charge in [-0.1, -0.05) is 23.4 Å². The number of benzene rings is 2. The Morgan fingerprint density at radius 2 is 2.00 bits per heavy atom. The Morgan fingerprint density at radius 3 is 2.74 bits per heavy atom. The number of amides is 1. The number of halogens is 1. The number of carbonyl (C=O) groups is 1. The number of aryl methyl sites for hydroxylation is 2. The molecule has 0 aliphatic heterocycles. The van der Waals surface area contributed by atoms with Crippen molar-refractivity contribution >= 4 is 5.91 Å². The fourth-order valence-corrected chi connectivity index (χ4v) is 3.38. The van der Waals surface area contributed by atoms with E-state index in [0.717, 1.165) is 16.9 Å². The third-order valence-corrected chi connectivity index (χ3v) is 5.34. The molecular formula is C26H25FN4O3. The van der Waals surface area contributed by atoms with Gasteiger partial charge in [0.2, 0.25) is 17.6 Å². The Kier molecular flexibility index (Phi) is 7.27. The van der Waals surface area contributed by atoms with Gasteiger partial charge in [0.15, 0.2) is 0 Å². The first-order chi connectivity index (χ1) is 16.5. The van der Waals surface area contributed by atoms with Crippen molar-refractivity contribution in [2.75, 3.05) is 0 Å². The fourth-order valence-electron chi connectivity index (χ4n) is 3.38. The minimum absolute atomic E-state index is 0.123. The summed E-state index contributed by atoms with van der Waals surface area (Å²) in [6.07, 6.45) is 4.01. The number of hydrogen-bond acceptors (Lipinski definition) is 6. The van der Waals surface area contributed by atoms with Crippen molar-refractivity contribution in [1.29, 1.82) is 0 Å². The molecule has 0 saturated heterocycles. The molecule has 1 amide bonds. The Morgan fingerprint density at radius 1 is 1.18 bits per heavy atom. The molecule has 174 valence electrons. The summed E-state index contributed by atoms with van der Waals surface area (Å²) in [4.78, 5) is 20.8. The summed E-state index contributed by atoms with van der Waals surface area (Å²) in [5.41, 5.74) is 3.13. The maximum absolute atomic E-state index is 13.5. The van der Waals surface area contributed by atoms with E-state index < -0.39 is 0 Å². The second-order valence-electron chi connectivity index (χ2n) is 7.98. The topological polar surface area (TPSA) is 90.1 Å². The summed E-state index contributed by atoms with van der Waals surface area (Å²) >= 11 is 0. The van der Waals surface area contributed by atoms with E-state index >= 15 is 0 Å². The Labute approximate surface area is 197 Å². The Balaban J connectivity index is 1.25. The smallest absolute Gasteiger partial charge is 0.227 e. The van der Waals surface area contributed by atoms with Gasteiger partial charge in [0.25, 0.3) is 0 Å². The minimum atomic E-state index is -0.287. The number of ether oxygens (including phenoxy) is 1. The number of nitrogens with one attached hydrogen (secondary N) is 1. The zero-order valence-electron chi connectivity index (χ0n) is 19.0. The average Bonchev–Trinajstić information content (AvgIpc) is 3.33. The van der Waals surface area contributed by atoms with Crippen molar-refractivity contribution < 1.29 is 18.4 Å². The molecule has 8 heteroatoms. The van der Waals surface area contributed by atoms with Crippen LogP contribution in [0.1, 0.15) is 42.0 Å². The molecule has 1 unspecified atom stereocenters. The third kappa shape index (κ3) is 6.04. The molecular weight excluding hydrogens is 435 g/mol. The zero-order valence-corrected chi connectivity index (χ0v) is 19.0.